The minimum Gasteiger partial charge on any atom is -0.465 e. The van der Waals surface area contributed by atoms with Crippen LogP contribution in [0.1, 0.15) is 30.4 Å². The first kappa shape index (κ1) is 27.0. The molecule has 1 aromatic carbocycles. The summed E-state index contributed by atoms with van der Waals surface area (Å²) in [5, 5.41) is 18.0. The van der Waals surface area contributed by atoms with Gasteiger partial charge in [-0.05, 0) is 48.4 Å². The number of carbonyl (C=O) groups excluding carboxylic acids is 3. The number of rotatable bonds is 5. The van der Waals surface area contributed by atoms with Crippen LogP contribution in [-0.4, -0.2) is 95.0 Å². The lowest BCUT2D eigenvalue weighted by molar-refractivity contribution is -0.119. The summed E-state index contributed by atoms with van der Waals surface area (Å²) in [5.74, 6) is 0.0205. The Balaban J connectivity index is 0.938. The number of halogens is 1. The summed E-state index contributed by atoms with van der Waals surface area (Å²) < 4.78 is 26.1. The Bertz CT molecular complexity index is 1450. The second kappa shape index (κ2) is 10.4. The number of hydrogen-bond acceptors (Lipinski definition) is 10. The van der Waals surface area contributed by atoms with Gasteiger partial charge in [-0.25, -0.2) is 19.2 Å². The number of carbonyl (C=O) groups is 3. The maximum atomic E-state index is 15.0. The third kappa shape index (κ3) is 5.14. The van der Waals surface area contributed by atoms with E-state index in [0.717, 1.165) is 31.6 Å². The van der Waals surface area contributed by atoms with Crippen LogP contribution in [0.3, 0.4) is 0 Å². The van der Waals surface area contributed by atoms with E-state index in [-0.39, 0.29) is 41.9 Å². The van der Waals surface area contributed by atoms with E-state index in [1.165, 1.54) is 17.2 Å². The molecule has 222 valence electrons. The van der Waals surface area contributed by atoms with Crippen molar-refractivity contribution in [1.82, 2.24) is 20.2 Å². The molecule has 1 spiro atoms. The van der Waals surface area contributed by atoms with Crippen molar-refractivity contribution in [3.8, 4) is 5.88 Å². The molecule has 3 amide bonds. The van der Waals surface area contributed by atoms with Crippen molar-refractivity contribution in [3.63, 3.8) is 0 Å². The van der Waals surface area contributed by atoms with Gasteiger partial charge in [0.05, 0.1) is 24.9 Å². The normalized spacial score (nSPS) is 26.4. The highest BCUT2D eigenvalue weighted by Crippen LogP contribution is 2.38. The number of nitrogens with zero attached hydrogens (tertiary/aromatic N) is 4. The van der Waals surface area contributed by atoms with Crippen molar-refractivity contribution in [2.45, 2.75) is 49.9 Å². The molecule has 0 bridgehead atoms. The van der Waals surface area contributed by atoms with Gasteiger partial charge in [-0.3, -0.25) is 14.5 Å². The minimum atomic E-state index is -0.632. The summed E-state index contributed by atoms with van der Waals surface area (Å²) in [7, 11) is 0. The van der Waals surface area contributed by atoms with Crippen molar-refractivity contribution >= 4 is 35.2 Å². The van der Waals surface area contributed by atoms with Crippen molar-refractivity contribution in [1.29, 1.82) is 0 Å². The van der Waals surface area contributed by atoms with E-state index < -0.39 is 23.8 Å². The Morgan fingerprint density at radius 2 is 2.07 bits per heavy atom. The van der Waals surface area contributed by atoms with E-state index in [2.05, 4.69) is 30.8 Å². The molecule has 13 nitrogen and oxygen atoms in total. The van der Waals surface area contributed by atoms with E-state index in [4.69, 9.17) is 9.47 Å². The molecule has 42 heavy (non-hydrogen) atoms. The Morgan fingerprint density at radius 3 is 2.86 bits per heavy atom. The largest absolute Gasteiger partial charge is 0.465 e. The highest BCUT2D eigenvalue weighted by molar-refractivity contribution is 5.95. The molecule has 5 heterocycles. The Hall–Kier alpha value is -3.88. The van der Waals surface area contributed by atoms with Gasteiger partial charge in [-0.15, -0.1) is 0 Å². The van der Waals surface area contributed by atoms with Gasteiger partial charge < -0.3 is 35.4 Å². The Morgan fingerprint density at radius 1 is 1.24 bits per heavy atom. The molecule has 4 N–H and O–H groups in total. The lowest BCUT2D eigenvalue weighted by Crippen LogP contribution is -2.48. The molecule has 5 aliphatic rings. The fourth-order valence-electron chi connectivity index (χ4n) is 6.68. The molecule has 3 saturated heterocycles. The Labute approximate surface area is 240 Å². The number of hydrogen-bond donors (Lipinski definition) is 4. The number of ether oxygens (including phenoxy) is 2. The monoisotopic (exact) mass is 581 g/mol. The average Bonchev–Trinajstić information content (AvgIpc) is 3.67. The molecule has 0 saturated carbocycles. The van der Waals surface area contributed by atoms with Gasteiger partial charge in [0, 0.05) is 44.7 Å². The van der Waals surface area contributed by atoms with Gasteiger partial charge in [0.2, 0.25) is 5.91 Å². The first-order valence-electron chi connectivity index (χ1n) is 14.3. The third-order valence-corrected chi connectivity index (χ3v) is 8.84. The highest BCUT2D eigenvalue weighted by atomic mass is 19.1. The van der Waals surface area contributed by atoms with Crippen LogP contribution in [0.15, 0.2) is 18.3 Å². The molecule has 7 rings (SSSR count). The number of β-amino-alcohol motifs (C(OH)–C–C–N with tert-alkyl or cyclic N) is 1. The van der Waals surface area contributed by atoms with Crippen molar-refractivity contribution < 1.29 is 33.4 Å². The lowest BCUT2D eigenvalue weighted by atomic mass is 9.90. The quantitative estimate of drug-likeness (QED) is 0.398. The molecule has 1 unspecified atom stereocenters. The third-order valence-electron chi connectivity index (χ3n) is 8.84. The molecule has 0 radical (unpaired) electrons. The SMILES string of the molecule is O=C1COc2ncc(N3CC4(CCN(CC5Cc6cc(NC(=O)[C@H]7C[C@@H](O)CN7)cc(F)c6C5)CC4)OC3=O)nc2N1. The van der Waals surface area contributed by atoms with Gasteiger partial charge >= 0.3 is 6.09 Å². The fourth-order valence-corrected chi connectivity index (χ4v) is 6.68. The number of aromatic nitrogens is 2. The van der Waals surface area contributed by atoms with Crippen LogP contribution in [0.4, 0.5) is 26.5 Å². The first-order chi connectivity index (χ1) is 20.2. The molecule has 14 heteroatoms. The van der Waals surface area contributed by atoms with Crippen LogP contribution in [0, 0.1) is 11.7 Å². The summed E-state index contributed by atoms with van der Waals surface area (Å²) in [6.07, 6.45) is 3.40. The molecule has 3 atom stereocenters. The van der Waals surface area contributed by atoms with E-state index in [1.807, 2.05) is 6.07 Å². The van der Waals surface area contributed by atoms with E-state index >= 15 is 4.39 Å². The maximum absolute atomic E-state index is 15.0. The molecule has 4 aliphatic heterocycles. The molecular weight excluding hydrogens is 549 g/mol. The second-order valence-electron chi connectivity index (χ2n) is 11.9. The lowest BCUT2D eigenvalue weighted by Gasteiger charge is -2.38. The van der Waals surface area contributed by atoms with Crippen LogP contribution in [0.25, 0.3) is 0 Å². The van der Waals surface area contributed by atoms with Crippen molar-refractivity contribution in [2.75, 3.05) is 54.9 Å². The number of likely N-dealkylation sites (tertiary alicyclic amines) is 1. The summed E-state index contributed by atoms with van der Waals surface area (Å²) in [6, 6.07) is 2.75. The number of benzene rings is 1. The number of amides is 3. The van der Waals surface area contributed by atoms with Gasteiger partial charge in [0.1, 0.15) is 11.4 Å². The Kier molecular flexibility index (Phi) is 6.71. The average molecular weight is 582 g/mol. The maximum Gasteiger partial charge on any atom is 0.416 e. The number of fused-ring (bicyclic) bond motifs is 2. The summed E-state index contributed by atoms with van der Waals surface area (Å²) >= 11 is 0. The summed E-state index contributed by atoms with van der Waals surface area (Å²) in [4.78, 5) is 49.3. The van der Waals surface area contributed by atoms with Crippen LogP contribution < -0.4 is 25.6 Å². The topological polar surface area (TPSA) is 158 Å². The molecule has 1 aromatic heterocycles. The fraction of sp³-hybridized carbons (Fsp3) is 0.536. The second-order valence-corrected chi connectivity index (χ2v) is 11.9. The zero-order valence-corrected chi connectivity index (χ0v) is 22.9. The molecule has 2 aromatic rings. The van der Waals surface area contributed by atoms with E-state index in [1.54, 1.807) is 0 Å². The standard InChI is InChI=1S/C28H32FN7O6/c29-20-8-17(32-25(39)21-9-18(37)10-30-21)7-16-5-15(6-19(16)20)12-35-3-1-28(2-4-35)14-36(27(40)42-28)22-11-31-26-24(33-22)34-23(38)13-41-26/h7-8,11,15,18,21,30,37H,1-6,9-10,12-14H2,(H,32,39)(H,33,34,38)/t15?,18-,21-/m1/s1. The smallest absolute Gasteiger partial charge is 0.416 e. The number of anilines is 3. The molecular formula is C28H32FN7O6. The zero-order chi connectivity index (χ0) is 29.0. The summed E-state index contributed by atoms with van der Waals surface area (Å²) in [5.41, 5.74) is 1.42. The number of aliphatic hydroxyl groups is 1. The number of nitrogens with one attached hydrogen (secondary N) is 3. The van der Waals surface area contributed by atoms with Gasteiger partial charge in [0.15, 0.2) is 18.2 Å². The zero-order valence-electron chi connectivity index (χ0n) is 22.9. The van der Waals surface area contributed by atoms with Gasteiger partial charge in [-0.2, -0.15) is 0 Å². The van der Waals surface area contributed by atoms with Gasteiger partial charge in [0.25, 0.3) is 11.8 Å². The molecule has 1 aliphatic carbocycles. The van der Waals surface area contributed by atoms with Crippen LogP contribution in [-0.2, 0) is 27.2 Å². The number of aliphatic hydroxyl groups excluding tert-OH is 1. The van der Waals surface area contributed by atoms with Crippen molar-refractivity contribution in [2.24, 2.45) is 5.92 Å². The van der Waals surface area contributed by atoms with E-state index in [9.17, 15) is 19.5 Å². The minimum absolute atomic E-state index is 0.127. The van der Waals surface area contributed by atoms with E-state index in [0.29, 0.717) is 55.8 Å². The molecule has 3 fully saturated rings. The van der Waals surface area contributed by atoms with Crippen LogP contribution in [0.5, 0.6) is 5.88 Å². The predicted molar refractivity (Wildman–Crippen MR) is 147 cm³/mol. The van der Waals surface area contributed by atoms with Crippen LogP contribution >= 0.6 is 0 Å². The summed E-state index contributed by atoms with van der Waals surface area (Å²) in [6.45, 7) is 2.85. The van der Waals surface area contributed by atoms with Crippen LogP contribution in [0.2, 0.25) is 0 Å². The predicted octanol–water partition coefficient (Wildman–Crippen LogP) is 0.814. The number of piperidine rings is 1. The first-order valence-corrected chi connectivity index (χ1v) is 14.3. The van der Waals surface area contributed by atoms with Gasteiger partial charge in [-0.1, -0.05) is 0 Å². The highest BCUT2D eigenvalue weighted by Gasteiger charge is 2.48. The van der Waals surface area contributed by atoms with Crippen molar-refractivity contribution in [3.05, 3.63) is 35.3 Å².